The quantitative estimate of drug-likeness (QED) is 0.807. The van der Waals surface area contributed by atoms with Crippen LogP contribution in [0.5, 0.6) is 0 Å². The van der Waals surface area contributed by atoms with E-state index in [1.54, 1.807) is 29.4 Å². The lowest BCUT2D eigenvalue weighted by atomic mass is 9.97. The number of halogens is 1. The molecule has 1 aromatic heterocycles. The molecule has 0 spiro atoms. The van der Waals surface area contributed by atoms with Gasteiger partial charge in [0.15, 0.2) is 5.67 Å². The maximum atomic E-state index is 14.6. The van der Waals surface area contributed by atoms with Crippen LogP contribution in [0.15, 0.2) is 29.5 Å². The van der Waals surface area contributed by atoms with Crippen LogP contribution in [-0.4, -0.2) is 29.1 Å². The number of alkyl halides is 1. The third-order valence-corrected chi connectivity index (χ3v) is 3.41. The molecule has 0 N–H and O–H groups in total. The largest absolute Gasteiger partial charge is 0.357 e. The fourth-order valence-electron chi connectivity index (χ4n) is 2.32. The summed E-state index contributed by atoms with van der Waals surface area (Å²) in [5, 5.41) is 4.23. The van der Waals surface area contributed by atoms with Crippen molar-refractivity contribution in [1.82, 2.24) is 9.78 Å². The van der Waals surface area contributed by atoms with Gasteiger partial charge in [0.1, 0.15) is 6.23 Å². The predicted molar refractivity (Wildman–Crippen MR) is 66.4 cm³/mol. The molecule has 5 heteroatoms. The van der Waals surface area contributed by atoms with Crippen molar-refractivity contribution in [3.05, 3.63) is 30.1 Å². The molecule has 3 rings (SSSR count). The average molecular weight is 249 g/mol. The molecule has 0 aromatic carbocycles. The van der Waals surface area contributed by atoms with Crippen LogP contribution in [0, 0.1) is 0 Å². The molecule has 18 heavy (non-hydrogen) atoms. The van der Waals surface area contributed by atoms with E-state index in [0.717, 1.165) is 25.9 Å². The van der Waals surface area contributed by atoms with Gasteiger partial charge in [0.25, 0.3) is 0 Å². The first-order valence-electron chi connectivity index (χ1n) is 6.31. The number of aliphatic imine (C=N–C) groups is 1. The van der Waals surface area contributed by atoms with Crippen molar-refractivity contribution in [2.45, 2.75) is 31.2 Å². The molecule has 1 fully saturated rings. The Hall–Kier alpha value is -1.49. The normalized spacial score (nSPS) is 31.7. The minimum absolute atomic E-state index is 0.0489. The molecule has 2 aliphatic heterocycles. The molecule has 0 amide bonds. The lowest BCUT2D eigenvalue weighted by Gasteiger charge is -2.23. The Morgan fingerprint density at radius 1 is 1.44 bits per heavy atom. The summed E-state index contributed by atoms with van der Waals surface area (Å²) in [5.41, 5.74) is -0.980. The summed E-state index contributed by atoms with van der Waals surface area (Å²) in [6.07, 6.45) is 11.2. The van der Waals surface area contributed by atoms with Crippen molar-refractivity contribution < 1.29 is 9.13 Å². The molecule has 2 unspecified atom stereocenters. The van der Waals surface area contributed by atoms with E-state index in [1.807, 2.05) is 0 Å². The molecular formula is C13H16FN3O. The summed E-state index contributed by atoms with van der Waals surface area (Å²) in [4.78, 5) is 3.97. The molecule has 0 aliphatic carbocycles. The molecule has 2 aliphatic rings. The van der Waals surface area contributed by atoms with E-state index in [2.05, 4.69) is 10.1 Å². The van der Waals surface area contributed by atoms with Crippen LogP contribution in [0.4, 0.5) is 4.39 Å². The molecule has 0 radical (unpaired) electrons. The van der Waals surface area contributed by atoms with Crippen molar-refractivity contribution in [3.63, 3.8) is 0 Å². The van der Waals surface area contributed by atoms with Crippen LogP contribution in [-0.2, 0) is 10.4 Å². The van der Waals surface area contributed by atoms with Crippen LogP contribution >= 0.6 is 0 Å². The minimum Gasteiger partial charge on any atom is -0.357 e. The topological polar surface area (TPSA) is 39.4 Å². The van der Waals surface area contributed by atoms with E-state index in [9.17, 15) is 4.39 Å². The number of ether oxygens (including phenoxy) is 1. The highest BCUT2D eigenvalue weighted by molar-refractivity contribution is 5.72. The summed E-state index contributed by atoms with van der Waals surface area (Å²) >= 11 is 0. The van der Waals surface area contributed by atoms with Crippen molar-refractivity contribution in [1.29, 1.82) is 0 Å². The number of hydrogen-bond acceptors (Lipinski definition) is 3. The zero-order chi connectivity index (χ0) is 12.4. The zero-order valence-electron chi connectivity index (χ0n) is 10.1. The van der Waals surface area contributed by atoms with Gasteiger partial charge in [-0.05, 0) is 31.4 Å². The van der Waals surface area contributed by atoms with Gasteiger partial charge in [0.2, 0.25) is 0 Å². The number of dihydropyridines is 1. The van der Waals surface area contributed by atoms with Crippen LogP contribution in [0.3, 0.4) is 0 Å². The highest BCUT2D eigenvalue weighted by Crippen LogP contribution is 2.31. The minimum atomic E-state index is -1.53. The van der Waals surface area contributed by atoms with E-state index in [-0.39, 0.29) is 12.8 Å². The zero-order valence-corrected chi connectivity index (χ0v) is 10.1. The number of rotatable bonds is 2. The van der Waals surface area contributed by atoms with Crippen molar-refractivity contribution in [2.24, 2.45) is 4.99 Å². The SMILES string of the molecule is FC1(c2cnn(C3CCCCO3)c2)C=CC=NC1. The summed E-state index contributed by atoms with van der Waals surface area (Å²) in [7, 11) is 0. The second-order valence-corrected chi connectivity index (χ2v) is 4.74. The Morgan fingerprint density at radius 3 is 3.11 bits per heavy atom. The van der Waals surface area contributed by atoms with Gasteiger partial charge in [0.05, 0.1) is 12.7 Å². The van der Waals surface area contributed by atoms with E-state index >= 15 is 0 Å². The Kier molecular flexibility index (Phi) is 2.99. The molecule has 4 nitrogen and oxygen atoms in total. The van der Waals surface area contributed by atoms with Gasteiger partial charge in [-0.15, -0.1) is 0 Å². The molecule has 0 bridgehead atoms. The smallest absolute Gasteiger partial charge is 0.176 e. The second-order valence-electron chi connectivity index (χ2n) is 4.74. The van der Waals surface area contributed by atoms with Crippen LogP contribution in [0.1, 0.15) is 31.1 Å². The maximum Gasteiger partial charge on any atom is 0.176 e. The van der Waals surface area contributed by atoms with Gasteiger partial charge in [0, 0.05) is 24.6 Å². The number of allylic oxidation sites excluding steroid dienone is 1. The Labute approximate surface area is 105 Å². The van der Waals surface area contributed by atoms with Gasteiger partial charge in [-0.3, -0.25) is 4.99 Å². The van der Waals surface area contributed by atoms with Gasteiger partial charge < -0.3 is 4.74 Å². The van der Waals surface area contributed by atoms with E-state index in [1.165, 1.54) is 6.08 Å². The third kappa shape index (κ3) is 2.10. The van der Waals surface area contributed by atoms with Crippen LogP contribution in [0.25, 0.3) is 0 Å². The highest BCUT2D eigenvalue weighted by atomic mass is 19.1. The highest BCUT2D eigenvalue weighted by Gasteiger charge is 2.32. The fourth-order valence-corrected chi connectivity index (χ4v) is 2.32. The molecule has 2 atom stereocenters. The van der Waals surface area contributed by atoms with Crippen molar-refractivity contribution in [2.75, 3.05) is 13.2 Å². The van der Waals surface area contributed by atoms with Crippen molar-refractivity contribution >= 4 is 6.21 Å². The first-order valence-corrected chi connectivity index (χ1v) is 6.31. The van der Waals surface area contributed by atoms with E-state index in [0.29, 0.717) is 5.56 Å². The van der Waals surface area contributed by atoms with E-state index in [4.69, 9.17) is 4.74 Å². The standard InChI is InChI=1S/C13H16FN3O/c14-13(5-3-6-15-10-13)11-8-16-17(9-11)12-4-1-2-7-18-12/h3,5-6,8-9,12H,1-2,4,7,10H2. The molecule has 0 saturated carbocycles. The van der Waals surface area contributed by atoms with Crippen LogP contribution < -0.4 is 0 Å². The third-order valence-electron chi connectivity index (χ3n) is 3.41. The summed E-state index contributed by atoms with van der Waals surface area (Å²) in [6.45, 7) is 0.880. The number of nitrogens with zero attached hydrogens (tertiary/aromatic N) is 3. The Morgan fingerprint density at radius 2 is 2.39 bits per heavy atom. The first kappa shape index (κ1) is 11.6. The molecule has 96 valence electrons. The van der Waals surface area contributed by atoms with Crippen LogP contribution in [0.2, 0.25) is 0 Å². The Balaban J connectivity index is 1.80. The van der Waals surface area contributed by atoms with E-state index < -0.39 is 5.67 Å². The predicted octanol–water partition coefficient (Wildman–Crippen LogP) is 2.39. The molecule has 3 heterocycles. The number of aromatic nitrogens is 2. The lowest BCUT2D eigenvalue weighted by Crippen LogP contribution is -2.23. The molecule has 1 saturated heterocycles. The van der Waals surface area contributed by atoms with Crippen molar-refractivity contribution in [3.8, 4) is 0 Å². The van der Waals surface area contributed by atoms with Gasteiger partial charge in [-0.1, -0.05) is 0 Å². The second kappa shape index (κ2) is 4.65. The summed E-state index contributed by atoms with van der Waals surface area (Å²) in [6, 6.07) is 0. The summed E-state index contributed by atoms with van der Waals surface area (Å²) < 4.78 is 21.9. The summed E-state index contributed by atoms with van der Waals surface area (Å²) in [5.74, 6) is 0. The number of hydrogen-bond donors (Lipinski definition) is 0. The van der Waals surface area contributed by atoms with Gasteiger partial charge in [-0.25, -0.2) is 9.07 Å². The molecule has 1 aromatic rings. The lowest BCUT2D eigenvalue weighted by molar-refractivity contribution is -0.0396. The fraction of sp³-hybridized carbons (Fsp3) is 0.538. The molecular weight excluding hydrogens is 233 g/mol. The van der Waals surface area contributed by atoms with Gasteiger partial charge in [-0.2, -0.15) is 5.10 Å². The average Bonchev–Trinajstić information content (AvgIpc) is 2.91. The maximum absolute atomic E-state index is 14.6. The van der Waals surface area contributed by atoms with Gasteiger partial charge >= 0.3 is 0 Å². The Bertz CT molecular complexity index is 476. The monoisotopic (exact) mass is 249 g/mol. The first-order chi connectivity index (χ1) is 8.78.